The molecule has 0 aliphatic heterocycles. The Morgan fingerprint density at radius 1 is 1.40 bits per heavy atom. The van der Waals surface area contributed by atoms with Crippen molar-refractivity contribution in [1.29, 1.82) is 0 Å². The molecular weight excluding hydrogens is 190 g/mol. The molecule has 0 saturated carbocycles. The Balaban J connectivity index is 2.51. The lowest BCUT2D eigenvalue weighted by Crippen LogP contribution is -2.07. The quantitative estimate of drug-likeness (QED) is 0.811. The third-order valence-electron chi connectivity index (χ3n) is 2.48. The number of aliphatic carboxylic acids is 1. The summed E-state index contributed by atoms with van der Waals surface area (Å²) in [4.78, 5) is 15.0. The molecule has 3 nitrogen and oxygen atoms in total. The van der Waals surface area contributed by atoms with E-state index in [4.69, 9.17) is 5.11 Å². The summed E-state index contributed by atoms with van der Waals surface area (Å²) in [6, 6.07) is 9.54. The van der Waals surface area contributed by atoms with Crippen molar-refractivity contribution in [3.8, 4) is 0 Å². The monoisotopic (exact) mass is 201 g/mol. The van der Waals surface area contributed by atoms with Gasteiger partial charge in [0.2, 0.25) is 0 Å². The first-order valence-electron chi connectivity index (χ1n) is 4.76. The first-order chi connectivity index (χ1) is 7.18. The van der Waals surface area contributed by atoms with E-state index >= 15 is 0 Å². The van der Waals surface area contributed by atoms with Crippen LogP contribution in [-0.2, 0) is 4.79 Å². The molecule has 0 aliphatic rings. The van der Waals surface area contributed by atoms with E-state index in [2.05, 4.69) is 4.98 Å². The van der Waals surface area contributed by atoms with Crippen LogP contribution >= 0.6 is 0 Å². The average Bonchev–Trinajstić information content (AvgIpc) is 2.27. The standard InChI is InChI=1S/C12H11NO2/c1-8(12(14)15)10-6-9-4-2-3-5-11(9)13-7-10/h2-8H,1H3,(H,14,15). The smallest absolute Gasteiger partial charge is 0.310 e. The van der Waals surface area contributed by atoms with Crippen LogP contribution in [0.25, 0.3) is 10.9 Å². The minimum absolute atomic E-state index is 0.512. The Morgan fingerprint density at radius 3 is 2.87 bits per heavy atom. The molecule has 76 valence electrons. The molecule has 15 heavy (non-hydrogen) atoms. The van der Waals surface area contributed by atoms with Crippen molar-refractivity contribution in [2.24, 2.45) is 0 Å². The molecule has 1 heterocycles. The number of pyridine rings is 1. The van der Waals surface area contributed by atoms with Gasteiger partial charge in [-0.2, -0.15) is 0 Å². The fourth-order valence-corrected chi connectivity index (χ4v) is 1.47. The molecule has 1 aromatic carbocycles. The van der Waals surface area contributed by atoms with Crippen molar-refractivity contribution in [2.75, 3.05) is 0 Å². The molecule has 0 amide bonds. The first kappa shape index (κ1) is 9.65. The number of rotatable bonds is 2. The van der Waals surface area contributed by atoms with Crippen molar-refractivity contribution in [2.45, 2.75) is 12.8 Å². The van der Waals surface area contributed by atoms with Crippen molar-refractivity contribution >= 4 is 16.9 Å². The molecule has 1 N–H and O–H groups in total. The van der Waals surface area contributed by atoms with Gasteiger partial charge in [0.05, 0.1) is 11.4 Å². The Labute approximate surface area is 87.4 Å². The fraction of sp³-hybridized carbons (Fsp3) is 0.167. The second kappa shape index (κ2) is 3.69. The number of aromatic nitrogens is 1. The zero-order valence-corrected chi connectivity index (χ0v) is 8.34. The zero-order valence-electron chi connectivity index (χ0n) is 8.34. The maximum Gasteiger partial charge on any atom is 0.310 e. The van der Waals surface area contributed by atoms with Gasteiger partial charge in [0.15, 0.2) is 0 Å². The predicted octanol–water partition coefficient (Wildman–Crippen LogP) is 2.42. The second-order valence-electron chi connectivity index (χ2n) is 3.52. The lowest BCUT2D eigenvalue weighted by molar-refractivity contribution is -0.138. The van der Waals surface area contributed by atoms with Crippen LogP contribution in [0.3, 0.4) is 0 Å². The third kappa shape index (κ3) is 1.81. The van der Waals surface area contributed by atoms with E-state index in [-0.39, 0.29) is 0 Å². The van der Waals surface area contributed by atoms with Crippen molar-refractivity contribution in [3.05, 3.63) is 42.1 Å². The summed E-state index contributed by atoms with van der Waals surface area (Å²) in [7, 11) is 0. The summed E-state index contributed by atoms with van der Waals surface area (Å²) >= 11 is 0. The minimum Gasteiger partial charge on any atom is -0.481 e. The van der Waals surface area contributed by atoms with Gasteiger partial charge in [0.1, 0.15) is 0 Å². The molecule has 1 aromatic heterocycles. The Hall–Kier alpha value is -1.90. The number of carboxylic acid groups (broad SMARTS) is 1. The summed E-state index contributed by atoms with van der Waals surface area (Å²) in [6.07, 6.45) is 1.63. The second-order valence-corrected chi connectivity index (χ2v) is 3.52. The molecule has 0 aliphatic carbocycles. The highest BCUT2D eigenvalue weighted by Crippen LogP contribution is 2.19. The number of nitrogens with zero attached hydrogens (tertiary/aromatic N) is 1. The topological polar surface area (TPSA) is 50.2 Å². The average molecular weight is 201 g/mol. The molecule has 0 bridgehead atoms. The molecule has 2 rings (SSSR count). The molecular formula is C12H11NO2. The van der Waals surface area contributed by atoms with Gasteiger partial charge in [0, 0.05) is 11.6 Å². The van der Waals surface area contributed by atoms with Gasteiger partial charge < -0.3 is 5.11 Å². The molecule has 0 spiro atoms. The molecule has 2 aromatic rings. The summed E-state index contributed by atoms with van der Waals surface area (Å²) in [5.41, 5.74) is 1.63. The van der Waals surface area contributed by atoms with Gasteiger partial charge in [-0.15, -0.1) is 0 Å². The highest BCUT2D eigenvalue weighted by Gasteiger charge is 2.13. The first-order valence-corrected chi connectivity index (χ1v) is 4.76. The van der Waals surface area contributed by atoms with Gasteiger partial charge >= 0.3 is 5.97 Å². The summed E-state index contributed by atoms with van der Waals surface area (Å²) in [5, 5.41) is 9.85. The van der Waals surface area contributed by atoms with Gasteiger partial charge in [0.25, 0.3) is 0 Å². The van der Waals surface area contributed by atoms with Crippen LogP contribution in [-0.4, -0.2) is 16.1 Å². The lowest BCUT2D eigenvalue weighted by Gasteiger charge is -2.06. The van der Waals surface area contributed by atoms with Crippen molar-refractivity contribution < 1.29 is 9.90 Å². The van der Waals surface area contributed by atoms with E-state index in [1.54, 1.807) is 13.1 Å². The molecule has 0 saturated heterocycles. The maximum absolute atomic E-state index is 10.8. The fourth-order valence-electron chi connectivity index (χ4n) is 1.47. The highest BCUT2D eigenvalue weighted by atomic mass is 16.4. The molecule has 1 atom stereocenters. The van der Waals surface area contributed by atoms with Crippen LogP contribution < -0.4 is 0 Å². The Bertz CT molecular complexity index is 508. The number of fused-ring (bicyclic) bond motifs is 1. The summed E-state index contributed by atoms with van der Waals surface area (Å²) in [5.74, 6) is -1.34. The molecule has 0 radical (unpaired) electrons. The van der Waals surface area contributed by atoms with Crippen molar-refractivity contribution in [1.82, 2.24) is 4.98 Å². The SMILES string of the molecule is CC(C(=O)O)c1cnc2ccccc2c1. The third-order valence-corrected chi connectivity index (χ3v) is 2.48. The number of hydrogen-bond acceptors (Lipinski definition) is 2. The van der Waals surface area contributed by atoms with Gasteiger partial charge in [-0.3, -0.25) is 9.78 Å². The number of para-hydroxylation sites is 1. The normalized spacial score (nSPS) is 12.6. The van der Waals surface area contributed by atoms with Crippen molar-refractivity contribution in [3.63, 3.8) is 0 Å². The summed E-state index contributed by atoms with van der Waals surface area (Å²) < 4.78 is 0. The van der Waals surface area contributed by atoms with E-state index in [1.165, 1.54) is 0 Å². The highest BCUT2D eigenvalue weighted by molar-refractivity contribution is 5.81. The van der Waals surface area contributed by atoms with E-state index < -0.39 is 11.9 Å². The number of hydrogen-bond donors (Lipinski definition) is 1. The van der Waals surface area contributed by atoms with Crippen LogP contribution in [0.15, 0.2) is 36.5 Å². The van der Waals surface area contributed by atoms with Crippen LogP contribution in [0.5, 0.6) is 0 Å². The number of carbonyl (C=O) groups is 1. The lowest BCUT2D eigenvalue weighted by atomic mass is 10.0. The Kier molecular flexibility index (Phi) is 2.37. The van der Waals surface area contributed by atoms with Crippen LogP contribution in [0.2, 0.25) is 0 Å². The van der Waals surface area contributed by atoms with Crippen LogP contribution in [0.4, 0.5) is 0 Å². The van der Waals surface area contributed by atoms with E-state index in [0.29, 0.717) is 0 Å². The van der Waals surface area contributed by atoms with E-state index in [9.17, 15) is 4.79 Å². The maximum atomic E-state index is 10.8. The van der Waals surface area contributed by atoms with Crippen LogP contribution in [0.1, 0.15) is 18.4 Å². The number of carboxylic acids is 1. The van der Waals surface area contributed by atoms with Gasteiger partial charge in [-0.05, 0) is 24.6 Å². The number of benzene rings is 1. The van der Waals surface area contributed by atoms with E-state index in [1.807, 2.05) is 30.3 Å². The molecule has 0 fully saturated rings. The predicted molar refractivity (Wildman–Crippen MR) is 57.8 cm³/mol. The largest absolute Gasteiger partial charge is 0.481 e. The minimum atomic E-state index is -0.827. The van der Waals surface area contributed by atoms with E-state index in [0.717, 1.165) is 16.5 Å². The van der Waals surface area contributed by atoms with Gasteiger partial charge in [-0.25, -0.2) is 0 Å². The van der Waals surface area contributed by atoms with Crippen LogP contribution in [0, 0.1) is 0 Å². The molecule has 1 unspecified atom stereocenters. The Morgan fingerprint density at radius 2 is 2.13 bits per heavy atom. The zero-order chi connectivity index (χ0) is 10.8. The molecule has 3 heteroatoms. The summed E-state index contributed by atoms with van der Waals surface area (Å²) in [6.45, 7) is 1.66. The van der Waals surface area contributed by atoms with Gasteiger partial charge in [-0.1, -0.05) is 18.2 Å².